The summed E-state index contributed by atoms with van der Waals surface area (Å²) in [6.07, 6.45) is 0.0401. The van der Waals surface area contributed by atoms with Crippen molar-refractivity contribution in [2.24, 2.45) is 0 Å². The summed E-state index contributed by atoms with van der Waals surface area (Å²) in [5.41, 5.74) is -0.0171. The number of hydrogen-bond acceptors (Lipinski definition) is 6. The summed E-state index contributed by atoms with van der Waals surface area (Å²) < 4.78 is 41.3. The zero-order chi connectivity index (χ0) is 24.5. The molecule has 1 saturated carbocycles. The lowest BCUT2D eigenvalue weighted by atomic mass is 10.2. The van der Waals surface area contributed by atoms with E-state index in [1.54, 1.807) is 11.5 Å². The van der Waals surface area contributed by atoms with E-state index in [2.05, 4.69) is 30.9 Å². The number of nitrogens with one attached hydrogen (secondary N) is 3. The van der Waals surface area contributed by atoms with Crippen LogP contribution in [0.2, 0.25) is 5.02 Å². The molecule has 1 aliphatic rings. The van der Waals surface area contributed by atoms with Gasteiger partial charge in [-0.1, -0.05) is 24.4 Å². The smallest absolute Gasteiger partial charge is 0.416 e. The van der Waals surface area contributed by atoms with Gasteiger partial charge in [0, 0.05) is 29.3 Å². The number of alkyl halides is 3. The van der Waals surface area contributed by atoms with E-state index in [0.717, 1.165) is 37.8 Å². The molecule has 182 valence electrons. The molecule has 0 saturated heterocycles. The van der Waals surface area contributed by atoms with Crippen molar-refractivity contribution in [1.82, 2.24) is 24.8 Å². The molecule has 0 aliphatic heterocycles. The van der Waals surface area contributed by atoms with Crippen molar-refractivity contribution in [2.45, 2.75) is 57.4 Å². The summed E-state index contributed by atoms with van der Waals surface area (Å²) in [5.74, 6) is 0.588. The zero-order valence-electron chi connectivity index (χ0n) is 18.2. The van der Waals surface area contributed by atoms with Crippen molar-refractivity contribution >= 4 is 46.4 Å². The van der Waals surface area contributed by atoms with E-state index in [1.165, 1.54) is 12.3 Å². The first-order valence-electron chi connectivity index (χ1n) is 10.7. The molecule has 1 aromatic carbocycles. The lowest BCUT2D eigenvalue weighted by Gasteiger charge is -2.17. The normalized spacial score (nSPS) is 15.4. The Kier molecular flexibility index (Phi) is 6.69. The number of rotatable bonds is 7. The molecule has 1 fully saturated rings. The van der Waals surface area contributed by atoms with E-state index < -0.39 is 23.9 Å². The molecule has 4 N–H and O–H groups in total. The minimum absolute atomic E-state index is 0.0764. The van der Waals surface area contributed by atoms with Crippen molar-refractivity contribution in [1.29, 1.82) is 0 Å². The Morgan fingerprint density at radius 1 is 1.26 bits per heavy atom. The van der Waals surface area contributed by atoms with E-state index in [1.807, 2.05) is 0 Å². The number of nitrogens with zero attached hydrogens (tertiary/aromatic N) is 4. The molecule has 0 radical (unpaired) electrons. The number of halogens is 4. The second kappa shape index (κ2) is 9.53. The third kappa shape index (κ3) is 5.61. The number of anilines is 3. The molecular weight excluding hydrogens is 475 g/mol. The van der Waals surface area contributed by atoms with Crippen molar-refractivity contribution in [3.05, 3.63) is 35.0 Å². The predicted molar refractivity (Wildman–Crippen MR) is 122 cm³/mol. The first-order chi connectivity index (χ1) is 16.1. The first kappa shape index (κ1) is 23.9. The predicted octanol–water partition coefficient (Wildman–Crippen LogP) is 5.25. The Bertz CT molecular complexity index is 1200. The highest BCUT2D eigenvalue weighted by Gasteiger charge is 2.31. The van der Waals surface area contributed by atoms with Gasteiger partial charge >= 0.3 is 12.3 Å². The van der Waals surface area contributed by atoms with Gasteiger partial charge in [-0.2, -0.15) is 18.2 Å². The summed E-state index contributed by atoms with van der Waals surface area (Å²) >= 11 is 5.91. The van der Waals surface area contributed by atoms with E-state index in [4.69, 9.17) is 16.7 Å². The van der Waals surface area contributed by atoms with Crippen LogP contribution >= 0.6 is 11.6 Å². The summed E-state index contributed by atoms with van der Waals surface area (Å²) in [7, 11) is 0. The summed E-state index contributed by atoms with van der Waals surface area (Å²) in [6, 6.07) is 2.83. The summed E-state index contributed by atoms with van der Waals surface area (Å²) in [4.78, 5) is 24.4. The fourth-order valence-electron chi connectivity index (χ4n) is 3.99. The number of amides is 1. The quantitative estimate of drug-likeness (QED) is 0.352. The van der Waals surface area contributed by atoms with Gasteiger partial charge in [-0.3, -0.25) is 4.57 Å². The van der Waals surface area contributed by atoms with Crippen LogP contribution in [0.3, 0.4) is 0 Å². The maximum Gasteiger partial charge on any atom is 0.416 e. The maximum atomic E-state index is 13.2. The van der Waals surface area contributed by atoms with Crippen LogP contribution in [0.4, 0.5) is 35.5 Å². The van der Waals surface area contributed by atoms with Crippen LogP contribution in [0.1, 0.15) is 38.2 Å². The Morgan fingerprint density at radius 2 is 2.00 bits per heavy atom. The molecule has 1 amide bonds. The number of hydrogen-bond donors (Lipinski definition) is 4. The van der Waals surface area contributed by atoms with Gasteiger partial charge in [0.1, 0.15) is 5.52 Å². The summed E-state index contributed by atoms with van der Waals surface area (Å²) in [5, 5.41) is 17.5. The maximum absolute atomic E-state index is 13.2. The average Bonchev–Trinajstić information content (AvgIpc) is 3.35. The fraction of sp³-hybridized carbons (Fsp3) is 0.429. The minimum Gasteiger partial charge on any atom is -0.465 e. The zero-order valence-corrected chi connectivity index (χ0v) is 18.9. The van der Waals surface area contributed by atoms with Crippen LogP contribution < -0.4 is 16.0 Å². The van der Waals surface area contributed by atoms with E-state index in [-0.39, 0.29) is 29.2 Å². The number of fused-ring (bicyclic) bond motifs is 1. The number of carboxylic acid groups (broad SMARTS) is 1. The largest absolute Gasteiger partial charge is 0.465 e. The molecule has 0 spiro atoms. The van der Waals surface area contributed by atoms with Crippen molar-refractivity contribution in [3.63, 3.8) is 0 Å². The number of benzene rings is 1. The molecule has 1 atom stereocenters. The molecule has 13 heteroatoms. The third-order valence-corrected chi connectivity index (χ3v) is 5.70. The molecule has 3 aromatic rings. The van der Waals surface area contributed by atoms with E-state index in [9.17, 15) is 18.0 Å². The van der Waals surface area contributed by atoms with Crippen LogP contribution in [0.15, 0.2) is 24.4 Å². The Morgan fingerprint density at radius 3 is 2.68 bits per heavy atom. The number of aromatic nitrogens is 4. The molecule has 1 aliphatic carbocycles. The van der Waals surface area contributed by atoms with Crippen LogP contribution in [0.5, 0.6) is 0 Å². The molecular formula is C21H23ClF3N7O2. The highest BCUT2D eigenvalue weighted by molar-refractivity contribution is 6.31. The van der Waals surface area contributed by atoms with Gasteiger partial charge in [0.2, 0.25) is 11.9 Å². The Hall–Kier alpha value is -3.28. The van der Waals surface area contributed by atoms with Gasteiger partial charge < -0.3 is 21.1 Å². The van der Waals surface area contributed by atoms with E-state index in [0.29, 0.717) is 17.1 Å². The highest BCUT2D eigenvalue weighted by atomic mass is 35.5. The SMILES string of the molecule is CC(Cn1c(Nc2cc(Cl)cc(C(F)(F)F)c2)nc2cnc(NC3CCCC3)nc21)NC(=O)O. The molecule has 9 nitrogen and oxygen atoms in total. The van der Waals surface area contributed by atoms with Crippen molar-refractivity contribution in [2.75, 3.05) is 10.6 Å². The molecule has 2 aromatic heterocycles. The Labute approximate surface area is 197 Å². The molecule has 0 bridgehead atoms. The molecule has 34 heavy (non-hydrogen) atoms. The average molecular weight is 498 g/mol. The summed E-state index contributed by atoms with van der Waals surface area (Å²) in [6.45, 7) is 1.78. The Balaban J connectivity index is 1.71. The topological polar surface area (TPSA) is 117 Å². The van der Waals surface area contributed by atoms with Gasteiger partial charge in [-0.25, -0.2) is 14.8 Å². The minimum atomic E-state index is -4.58. The van der Waals surface area contributed by atoms with Crippen LogP contribution in [0.25, 0.3) is 11.2 Å². The van der Waals surface area contributed by atoms with Gasteiger partial charge in [0.25, 0.3) is 0 Å². The molecule has 4 rings (SSSR count). The standard InChI is InChI=1S/C21H23ClF3N7O2/c1-11(27-20(33)34)10-32-17-16(9-26-18(31-17)28-14-4-2-3-5-14)30-19(32)29-15-7-12(21(23,24)25)6-13(22)8-15/h6-9,11,14,27H,2-5,10H2,1H3,(H,29,30)(H,33,34)(H,26,28,31). The van der Waals surface area contributed by atoms with Crippen molar-refractivity contribution in [3.8, 4) is 0 Å². The molecule has 1 unspecified atom stereocenters. The number of carbonyl (C=O) groups is 1. The van der Waals surface area contributed by atoms with Gasteiger partial charge in [-0.15, -0.1) is 0 Å². The lowest BCUT2D eigenvalue weighted by molar-refractivity contribution is -0.137. The van der Waals surface area contributed by atoms with Gasteiger partial charge in [0.15, 0.2) is 5.65 Å². The second-order valence-corrected chi connectivity index (χ2v) is 8.71. The van der Waals surface area contributed by atoms with Gasteiger partial charge in [-0.05, 0) is 38.0 Å². The first-order valence-corrected chi connectivity index (χ1v) is 11.1. The second-order valence-electron chi connectivity index (χ2n) is 8.28. The number of imidazole rings is 1. The monoisotopic (exact) mass is 497 g/mol. The molecule has 2 heterocycles. The van der Waals surface area contributed by atoms with Crippen LogP contribution in [-0.4, -0.2) is 42.8 Å². The van der Waals surface area contributed by atoms with E-state index >= 15 is 0 Å². The highest BCUT2D eigenvalue weighted by Crippen LogP contribution is 2.34. The van der Waals surface area contributed by atoms with Crippen LogP contribution in [0, 0.1) is 0 Å². The van der Waals surface area contributed by atoms with Gasteiger partial charge in [0.05, 0.1) is 11.8 Å². The van der Waals surface area contributed by atoms with Crippen LogP contribution in [-0.2, 0) is 12.7 Å². The lowest BCUT2D eigenvalue weighted by Crippen LogP contribution is -2.34. The third-order valence-electron chi connectivity index (χ3n) is 5.48. The van der Waals surface area contributed by atoms with Crippen molar-refractivity contribution < 1.29 is 23.1 Å². The fourth-order valence-corrected chi connectivity index (χ4v) is 4.23.